The Bertz CT molecular complexity index is 155. The van der Waals surface area contributed by atoms with Gasteiger partial charge in [-0.1, -0.05) is 0 Å². The fourth-order valence-corrected chi connectivity index (χ4v) is 0.709. The van der Waals surface area contributed by atoms with Gasteiger partial charge in [0.15, 0.2) is 11.9 Å². The predicted molar refractivity (Wildman–Crippen MR) is 49.9 cm³/mol. The van der Waals surface area contributed by atoms with Crippen LogP contribution in [0.1, 0.15) is 0 Å². The summed E-state index contributed by atoms with van der Waals surface area (Å²) in [6.45, 7) is 0.646. The minimum atomic E-state index is -0.185. The van der Waals surface area contributed by atoms with Crippen molar-refractivity contribution < 1.29 is 0 Å². The summed E-state index contributed by atoms with van der Waals surface area (Å²) in [5.41, 5.74) is 10.3. The van der Waals surface area contributed by atoms with Crippen LogP contribution >= 0.6 is 11.8 Å². The molecule has 0 fully saturated rings. The summed E-state index contributed by atoms with van der Waals surface area (Å²) >= 11 is 1.69. The lowest BCUT2D eigenvalue weighted by molar-refractivity contribution is 1.09. The summed E-state index contributed by atoms with van der Waals surface area (Å²) < 4.78 is 0. The van der Waals surface area contributed by atoms with E-state index in [0.717, 1.165) is 5.75 Å². The van der Waals surface area contributed by atoms with Gasteiger partial charge in [0.1, 0.15) is 0 Å². The highest BCUT2D eigenvalue weighted by Gasteiger charge is 1.90. The summed E-state index contributed by atoms with van der Waals surface area (Å²) in [4.78, 5) is 3.90. The molecule has 6 N–H and O–H groups in total. The molecule has 0 aromatic carbocycles. The third-order valence-corrected chi connectivity index (χ3v) is 1.43. The lowest BCUT2D eigenvalue weighted by atomic mass is 10.7. The van der Waals surface area contributed by atoms with Gasteiger partial charge in [-0.15, -0.1) is 0 Å². The Kier molecular flexibility index (Phi) is 5.36. The Balaban J connectivity index is 3.54. The number of thioether (sulfide) groups is 1. The van der Waals surface area contributed by atoms with Crippen molar-refractivity contribution in [2.45, 2.75) is 0 Å². The minimum absolute atomic E-state index is 0.185. The van der Waals surface area contributed by atoms with Crippen LogP contribution in [0.25, 0.3) is 0 Å². The Morgan fingerprint density at radius 2 is 2.27 bits per heavy atom. The number of nitrogens with one attached hydrogen (secondary N) is 2. The number of rotatable bonds is 3. The molecule has 11 heavy (non-hydrogen) atoms. The van der Waals surface area contributed by atoms with Crippen LogP contribution in [0.4, 0.5) is 0 Å². The van der Waals surface area contributed by atoms with Crippen molar-refractivity contribution in [3.8, 4) is 0 Å². The van der Waals surface area contributed by atoms with Crippen molar-refractivity contribution in [1.82, 2.24) is 5.32 Å². The first-order valence-corrected chi connectivity index (χ1v) is 4.46. The Morgan fingerprint density at radius 3 is 2.73 bits per heavy atom. The Morgan fingerprint density at radius 1 is 1.64 bits per heavy atom. The number of nitrogens with two attached hydrogens (primary N) is 2. The van der Waals surface area contributed by atoms with Crippen LogP contribution in [-0.2, 0) is 0 Å². The van der Waals surface area contributed by atoms with Crippen molar-refractivity contribution in [2.24, 2.45) is 16.5 Å². The monoisotopic (exact) mass is 175 g/mol. The van der Waals surface area contributed by atoms with Gasteiger partial charge in [0.25, 0.3) is 0 Å². The standard InChI is InChI=1S/C5H13N5S/c1-11-3-2-9-5(8)10-4(6)7/h2-3H2,1H3,(H6,6,7,8,9,10). The molecule has 0 amide bonds. The van der Waals surface area contributed by atoms with Crippen LogP contribution in [0.5, 0.6) is 0 Å². The molecule has 0 aromatic heterocycles. The highest BCUT2D eigenvalue weighted by Crippen LogP contribution is 1.88. The zero-order valence-electron chi connectivity index (χ0n) is 6.42. The van der Waals surface area contributed by atoms with E-state index in [1.807, 2.05) is 6.26 Å². The number of hydrogen-bond donors (Lipinski definition) is 4. The average Bonchev–Trinajstić information content (AvgIpc) is 1.86. The number of nitrogens with zero attached hydrogens (tertiary/aromatic N) is 1. The second-order valence-electron chi connectivity index (χ2n) is 1.80. The molecule has 0 aliphatic carbocycles. The van der Waals surface area contributed by atoms with E-state index in [-0.39, 0.29) is 11.9 Å². The molecule has 0 atom stereocenters. The van der Waals surface area contributed by atoms with Gasteiger partial charge in [-0.3, -0.25) is 15.7 Å². The SMILES string of the molecule is CSCCN=C(N)NC(=N)N. The average molecular weight is 175 g/mol. The lowest BCUT2D eigenvalue weighted by Gasteiger charge is -2.00. The van der Waals surface area contributed by atoms with Gasteiger partial charge < -0.3 is 11.5 Å². The largest absolute Gasteiger partial charge is 0.370 e. The van der Waals surface area contributed by atoms with Gasteiger partial charge in [-0.05, 0) is 6.26 Å². The molecule has 0 rings (SSSR count). The third-order valence-electron chi connectivity index (χ3n) is 0.840. The van der Waals surface area contributed by atoms with E-state index in [0.29, 0.717) is 6.54 Å². The maximum Gasteiger partial charge on any atom is 0.195 e. The molecule has 0 spiro atoms. The molecule has 0 aromatic rings. The molecule has 0 aliphatic rings. The Hall–Kier alpha value is -0.910. The highest BCUT2D eigenvalue weighted by molar-refractivity contribution is 7.98. The normalized spacial score (nSPS) is 11.2. The van der Waals surface area contributed by atoms with Gasteiger partial charge >= 0.3 is 0 Å². The second kappa shape index (κ2) is 5.84. The zero-order chi connectivity index (χ0) is 8.69. The molecule has 0 aliphatic heterocycles. The maximum absolute atomic E-state index is 6.81. The van der Waals surface area contributed by atoms with Gasteiger partial charge in [0.05, 0.1) is 6.54 Å². The van der Waals surface area contributed by atoms with Gasteiger partial charge in [-0.25, -0.2) is 0 Å². The van der Waals surface area contributed by atoms with Crippen LogP contribution in [0.3, 0.4) is 0 Å². The third kappa shape index (κ3) is 6.98. The van der Waals surface area contributed by atoms with Crippen molar-refractivity contribution >= 4 is 23.7 Å². The first kappa shape index (κ1) is 10.1. The van der Waals surface area contributed by atoms with Crippen molar-refractivity contribution in [3.63, 3.8) is 0 Å². The molecule has 0 radical (unpaired) electrons. The number of hydrogen-bond acceptors (Lipinski definition) is 3. The zero-order valence-corrected chi connectivity index (χ0v) is 7.24. The van der Waals surface area contributed by atoms with E-state index in [2.05, 4.69) is 10.3 Å². The quantitative estimate of drug-likeness (QED) is 0.255. The molecular formula is C5H13N5S. The molecule has 0 saturated carbocycles. The molecule has 0 bridgehead atoms. The first-order chi connectivity index (χ1) is 5.16. The summed E-state index contributed by atoms with van der Waals surface area (Å²) in [6, 6.07) is 0. The first-order valence-electron chi connectivity index (χ1n) is 3.06. The van der Waals surface area contributed by atoms with E-state index in [4.69, 9.17) is 16.9 Å². The highest BCUT2D eigenvalue weighted by atomic mass is 32.2. The lowest BCUT2D eigenvalue weighted by Crippen LogP contribution is -2.40. The molecule has 0 unspecified atom stereocenters. The van der Waals surface area contributed by atoms with Crippen LogP contribution in [0.15, 0.2) is 4.99 Å². The van der Waals surface area contributed by atoms with E-state index < -0.39 is 0 Å². The minimum Gasteiger partial charge on any atom is -0.370 e. The van der Waals surface area contributed by atoms with E-state index >= 15 is 0 Å². The second-order valence-corrected chi connectivity index (χ2v) is 2.78. The summed E-state index contributed by atoms with van der Waals surface area (Å²) in [6.07, 6.45) is 1.99. The fourth-order valence-electron chi connectivity index (χ4n) is 0.435. The van der Waals surface area contributed by atoms with Crippen LogP contribution in [0.2, 0.25) is 0 Å². The smallest absolute Gasteiger partial charge is 0.195 e. The molecule has 5 nitrogen and oxygen atoms in total. The van der Waals surface area contributed by atoms with Crippen LogP contribution in [-0.4, -0.2) is 30.5 Å². The molecule has 6 heteroatoms. The van der Waals surface area contributed by atoms with Crippen LogP contribution in [0, 0.1) is 5.41 Å². The summed E-state index contributed by atoms with van der Waals surface area (Å²) in [5, 5.41) is 9.19. The fraction of sp³-hybridized carbons (Fsp3) is 0.600. The van der Waals surface area contributed by atoms with E-state index in [1.165, 1.54) is 0 Å². The molecule has 64 valence electrons. The Labute approximate surface area is 70.1 Å². The molecule has 0 saturated heterocycles. The topological polar surface area (TPSA) is 100 Å². The van der Waals surface area contributed by atoms with Gasteiger partial charge in [-0.2, -0.15) is 11.8 Å². The van der Waals surface area contributed by atoms with Gasteiger partial charge in [0, 0.05) is 5.75 Å². The van der Waals surface area contributed by atoms with Crippen molar-refractivity contribution in [1.29, 1.82) is 5.41 Å². The summed E-state index contributed by atoms with van der Waals surface area (Å²) in [5.74, 6) is 0.933. The van der Waals surface area contributed by atoms with E-state index in [9.17, 15) is 0 Å². The predicted octanol–water partition coefficient (Wildman–Crippen LogP) is -0.853. The maximum atomic E-state index is 6.81. The van der Waals surface area contributed by atoms with Crippen LogP contribution < -0.4 is 16.8 Å². The number of aliphatic imine (C=N–C) groups is 1. The van der Waals surface area contributed by atoms with Crippen molar-refractivity contribution in [2.75, 3.05) is 18.6 Å². The molecular weight excluding hydrogens is 162 g/mol. The van der Waals surface area contributed by atoms with Gasteiger partial charge in [0.2, 0.25) is 0 Å². The van der Waals surface area contributed by atoms with E-state index in [1.54, 1.807) is 11.8 Å². The summed E-state index contributed by atoms with van der Waals surface area (Å²) in [7, 11) is 0. The molecule has 0 heterocycles. The van der Waals surface area contributed by atoms with Crippen molar-refractivity contribution in [3.05, 3.63) is 0 Å². The number of guanidine groups is 2.